The average molecular weight is 600 g/mol. The molecule has 10 heteroatoms. The third-order valence-electron chi connectivity index (χ3n) is 8.11. The van der Waals surface area contributed by atoms with Gasteiger partial charge >= 0.3 is 5.97 Å². The van der Waals surface area contributed by atoms with Crippen LogP contribution in [0.4, 0.5) is 11.4 Å². The van der Waals surface area contributed by atoms with E-state index in [0.29, 0.717) is 24.7 Å². The van der Waals surface area contributed by atoms with Crippen LogP contribution >= 0.6 is 0 Å². The van der Waals surface area contributed by atoms with Crippen LogP contribution in [-0.4, -0.2) is 49.5 Å². The van der Waals surface area contributed by atoms with E-state index in [-0.39, 0.29) is 17.2 Å². The molecule has 0 atom stereocenters. The molecular formula is C35H31N6O4-. The number of amides is 1. The fraction of sp³-hybridized carbons (Fsp3) is 0.200. The largest absolute Gasteiger partial charge is 0.872 e. The summed E-state index contributed by atoms with van der Waals surface area (Å²) >= 11 is 0. The van der Waals surface area contributed by atoms with Crippen LogP contribution in [0.1, 0.15) is 40.2 Å². The van der Waals surface area contributed by atoms with Crippen molar-refractivity contribution in [2.75, 3.05) is 13.1 Å². The molecule has 1 aliphatic rings. The highest BCUT2D eigenvalue weighted by Gasteiger charge is 2.24. The van der Waals surface area contributed by atoms with Crippen molar-refractivity contribution in [3.05, 3.63) is 120 Å². The molecule has 0 spiro atoms. The van der Waals surface area contributed by atoms with E-state index in [1.807, 2.05) is 60.4 Å². The Labute approximate surface area is 260 Å². The van der Waals surface area contributed by atoms with E-state index in [9.17, 15) is 19.8 Å². The van der Waals surface area contributed by atoms with Gasteiger partial charge in [-0.1, -0.05) is 54.3 Å². The monoisotopic (exact) mass is 599 g/mol. The van der Waals surface area contributed by atoms with Gasteiger partial charge in [0.05, 0.1) is 28.7 Å². The normalized spacial score (nSPS) is 14.3. The van der Waals surface area contributed by atoms with E-state index >= 15 is 0 Å². The Kier molecular flexibility index (Phi) is 8.45. The summed E-state index contributed by atoms with van der Waals surface area (Å²) in [4.78, 5) is 35.6. The molecular weight excluding hydrogens is 568 g/mol. The number of imidazole rings is 1. The summed E-state index contributed by atoms with van der Waals surface area (Å²) < 4.78 is 2.26. The van der Waals surface area contributed by atoms with Crippen LogP contribution in [0.2, 0.25) is 0 Å². The van der Waals surface area contributed by atoms with Crippen molar-refractivity contribution in [1.29, 1.82) is 0 Å². The number of hydrogen-bond acceptors (Lipinski definition) is 7. The zero-order chi connectivity index (χ0) is 31.3. The number of fused-ring (bicyclic) bond motifs is 1. The van der Waals surface area contributed by atoms with E-state index < -0.39 is 11.7 Å². The van der Waals surface area contributed by atoms with Gasteiger partial charge in [-0.3, -0.25) is 9.78 Å². The van der Waals surface area contributed by atoms with Crippen molar-refractivity contribution >= 4 is 39.9 Å². The predicted molar refractivity (Wildman–Crippen MR) is 169 cm³/mol. The molecule has 3 aromatic carbocycles. The number of hydrogen-bond donors (Lipinski definition) is 1. The van der Waals surface area contributed by atoms with Gasteiger partial charge in [0.15, 0.2) is 0 Å². The summed E-state index contributed by atoms with van der Waals surface area (Å²) in [5, 5.41) is 29.2. The maximum atomic E-state index is 13.6. The van der Waals surface area contributed by atoms with Gasteiger partial charge in [-0.2, -0.15) is 10.2 Å². The van der Waals surface area contributed by atoms with E-state index in [4.69, 9.17) is 0 Å². The molecule has 0 bridgehead atoms. The number of carbonyl (C=O) groups is 2. The zero-order valence-electron chi connectivity index (χ0n) is 24.7. The quantitative estimate of drug-likeness (QED) is 0.164. The molecule has 1 fully saturated rings. The number of aromatic nitrogens is 3. The lowest BCUT2D eigenvalue weighted by Gasteiger charge is -2.32. The Morgan fingerprint density at radius 3 is 2.38 bits per heavy atom. The van der Waals surface area contributed by atoms with Crippen molar-refractivity contribution in [2.45, 2.75) is 26.3 Å². The summed E-state index contributed by atoms with van der Waals surface area (Å²) in [7, 11) is 0. The van der Waals surface area contributed by atoms with Gasteiger partial charge in [-0.25, -0.2) is 9.78 Å². The molecule has 1 N–H and O–H groups in total. The number of aromatic carboxylic acids is 1. The molecule has 45 heavy (non-hydrogen) atoms. The number of carbonyl (C=O) groups excluding carboxylic acids is 1. The number of azo groups is 1. The van der Waals surface area contributed by atoms with Gasteiger partial charge in [0, 0.05) is 31.9 Å². The third kappa shape index (κ3) is 6.65. The summed E-state index contributed by atoms with van der Waals surface area (Å²) in [6.07, 6.45) is 7.13. The van der Waals surface area contributed by atoms with Crippen LogP contribution in [0.25, 0.3) is 16.6 Å². The second kappa shape index (κ2) is 12.9. The highest BCUT2D eigenvalue weighted by molar-refractivity contribution is 5.99. The number of likely N-dealkylation sites (tertiary alicyclic amines) is 1. The first-order valence-corrected chi connectivity index (χ1v) is 14.7. The topological polar surface area (TPSA) is 136 Å². The number of nitrogens with zero attached hydrogens (tertiary/aromatic N) is 6. The average Bonchev–Trinajstić information content (AvgIpc) is 3.38. The summed E-state index contributed by atoms with van der Waals surface area (Å²) in [5.41, 5.74) is 5.03. The smallest absolute Gasteiger partial charge is 0.335 e. The number of pyridine rings is 1. The fourth-order valence-corrected chi connectivity index (χ4v) is 5.66. The van der Waals surface area contributed by atoms with Crippen LogP contribution < -0.4 is 5.11 Å². The summed E-state index contributed by atoms with van der Waals surface area (Å²) in [6.45, 7) is 4.26. The first-order chi connectivity index (χ1) is 21.9. The first-order valence-electron chi connectivity index (χ1n) is 14.7. The lowest BCUT2D eigenvalue weighted by atomic mass is 9.95. The maximum Gasteiger partial charge on any atom is 0.335 e. The number of benzene rings is 3. The van der Waals surface area contributed by atoms with Gasteiger partial charge in [-0.05, 0) is 72.7 Å². The Hall–Kier alpha value is -5.64. The van der Waals surface area contributed by atoms with Crippen molar-refractivity contribution in [3.8, 4) is 5.75 Å². The molecule has 0 saturated carbocycles. The lowest BCUT2D eigenvalue weighted by molar-refractivity contribution is -0.268. The van der Waals surface area contributed by atoms with Crippen molar-refractivity contribution < 1.29 is 19.8 Å². The molecule has 5 aromatic rings. The highest BCUT2D eigenvalue weighted by Crippen LogP contribution is 2.29. The first kappa shape index (κ1) is 29.4. The molecule has 0 radical (unpaired) electrons. The van der Waals surface area contributed by atoms with Gasteiger partial charge in [-0.15, -0.1) is 0 Å². The van der Waals surface area contributed by atoms with Crippen LogP contribution in [-0.2, 0) is 11.3 Å². The minimum atomic E-state index is -1.31. The molecule has 6 rings (SSSR count). The Morgan fingerprint density at radius 1 is 0.956 bits per heavy atom. The number of aryl methyl sites for hydroxylation is 1. The third-order valence-corrected chi connectivity index (χ3v) is 8.11. The molecule has 1 amide bonds. The van der Waals surface area contributed by atoms with Crippen LogP contribution in [0.5, 0.6) is 5.75 Å². The van der Waals surface area contributed by atoms with Gasteiger partial charge < -0.3 is 19.7 Å². The Bertz CT molecular complexity index is 1910. The lowest BCUT2D eigenvalue weighted by Crippen LogP contribution is -2.38. The Morgan fingerprint density at radius 2 is 1.64 bits per heavy atom. The zero-order valence-corrected chi connectivity index (χ0v) is 24.7. The van der Waals surface area contributed by atoms with E-state index in [2.05, 4.69) is 24.8 Å². The molecule has 1 aliphatic heterocycles. The molecule has 0 unspecified atom stereocenters. The molecule has 2 aromatic heterocycles. The van der Waals surface area contributed by atoms with E-state index in [0.717, 1.165) is 59.0 Å². The molecule has 3 heterocycles. The number of piperidine rings is 1. The van der Waals surface area contributed by atoms with E-state index in [1.165, 1.54) is 12.1 Å². The molecule has 0 aliphatic carbocycles. The minimum absolute atomic E-state index is 0.0255. The van der Waals surface area contributed by atoms with Gasteiger partial charge in [0.1, 0.15) is 11.3 Å². The number of rotatable bonds is 8. The predicted octanol–water partition coefficient (Wildman–Crippen LogP) is 6.30. The van der Waals surface area contributed by atoms with E-state index in [1.54, 1.807) is 30.6 Å². The second-order valence-electron chi connectivity index (χ2n) is 11.1. The SMILES string of the molecule is Cc1nc2cnccc2n1CC1CCN(C(=O)/C=C(/c2ccccc2)c2ccc(N=Nc3ccc([O-])c(C(=O)O)c3)cc2)CC1. The second-order valence-corrected chi connectivity index (χ2v) is 11.1. The van der Waals surface area contributed by atoms with Crippen molar-refractivity contribution in [2.24, 2.45) is 16.1 Å². The summed E-state index contributed by atoms with van der Waals surface area (Å²) in [6, 6.07) is 22.9. The molecule has 1 saturated heterocycles. The molecule has 226 valence electrons. The van der Waals surface area contributed by atoms with Crippen molar-refractivity contribution in [1.82, 2.24) is 19.4 Å². The van der Waals surface area contributed by atoms with Crippen LogP contribution in [0, 0.1) is 12.8 Å². The number of carboxylic acids is 1. The Balaban J connectivity index is 1.16. The summed E-state index contributed by atoms with van der Waals surface area (Å²) in [5.74, 6) is -0.489. The fourth-order valence-electron chi connectivity index (χ4n) is 5.66. The standard InChI is InChI=1S/C35H32N6O4/c1-23-37-31-21-36-16-13-32(31)41(23)22-24-14-17-40(18-15-24)34(43)20-29(25-5-3-2-4-6-25)26-7-9-27(10-8-26)38-39-28-11-12-33(42)30(19-28)35(44)45/h2-13,16,19-21,24,42H,14-15,17-18,22H2,1H3,(H,44,45)/p-1/b29-20-,39-38?. The maximum absolute atomic E-state index is 13.6. The van der Waals surface area contributed by atoms with Crippen LogP contribution in [0.3, 0.4) is 0 Å². The van der Waals surface area contributed by atoms with Gasteiger partial charge in [0.2, 0.25) is 5.91 Å². The minimum Gasteiger partial charge on any atom is -0.872 e. The van der Waals surface area contributed by atoms with Gasteiger partial charge in [0.25, 0.3) is 0 Å². The molecule has 10 nitrogen and oxygen atoms in total. The number of carboxylic acid groups (broad SMARTS) is 1. The van der Waals surface area contributed by atoms with Crippen molar-refractivity contribution in [3.63, 3.8) is 0 Å². The van der Waals surface area contributed by atoms with Crippen LogP contribution in [0.15, 0.2) is 108 Å². The highest BCUT2D eigenvalue weighted by atomic mass is 16.4.